The second-order valence-corrected chi connectivity index (χ2v) is 10.9. The number of hydrogen-bond donors (Lipinski definition) is 2. The first-order valence-electron chi connectivity index (χ1n) is 12.1. The number of carbonyl (C=O) groups excluding carboxylic acids is 3. The van der Waals surface area contributed by atoms with Gasteiger partial charge in [-0.15, -0.1) is 0 Å². The van der Waals surface area contributed by atoms with Crippen LogP contribution in [0.3, 0.4) is 0 Å². The molecule has 9 heteroatoms. The number of urea groups is 1. The van der Waals surface area contributed by atoms with Crippen molar-refractivity contribution >= 4 is 17.8 Å². The van der Waals surface area contributed by atoms with E-state index in [0.717, 1.165) is 43.4 Å². The fraction of sp³-hybridized carbons (Fsp3) is 0.640. The molecule has 6 nitrogen and oxygen atoms in total. The summed E-state index contributed by atoms with van der Waals surface area (Å²) < 4.78 is 43.3. The molecule has 1 aliphatic heterocycles. The summed E-state index contributed by atoms with van der Waals surface area (Å²) >= 11 is 0. The fourth-order valence-electron chi connectivity index (χ4n) is 7.68. The molecule has 2 N–H and O–H groups in total. The van der Waals surface area contributed by atoms with Gasteiger partial charge in [0.15, 0.2) is 0 Å². The molecule has 0 aromatic heterocycles. The lowest BCUT2D eigenvalue weighted by molar-refractivity contribution is -0.202. The Balaban J connectivity index is 1.48. The number of imide groups is 1. The summed E-state index contributed by atoms with van der Waals surface area (Å²) in [5, 5.41) is 3.70. The molecule has 5 fully saturated rings. The molecule has 0 radical (unpaired) electrons. The molecule has 1 saturated heterocycles. The number of halogens is 3. The Bertz CT molecular complexity index is 1000. The molecular formula is C25H30F3N3O3. The van der Waals surface area contributed by atoms with Crippen LogP contribution in [0, 0.1) is 30.1 Å². The van der Waals surface area contributed by atoms with E-state index in [2.05, 4.69) is 0 Å². The van der Waals surface area contributed by atoms with Gasteiger partial charge in [-0.3, -0.25) is 19.8 Å². The molecular weight excluding hydrogens is 447 g/mol. The minimum Gasteiger partial charge on any atom is -0.314 e. The summed E-state index contributed by atoms with van der Waals surface area (Å²) in [6, 6.07) is 4.34. The SMILES string of the molecule is CC[C@H](N1C(=O)N[C@@](NC(=O)c2cccc(C)c2)(C(F)(F)F)C1=O)C12CC3CC(CC(C3)C1)C2. The molecule has 4 saturated carbocycles. The van der Waals surface area contributed by atoms with E-state index in [4.69, 9.17) is 0 Å². The highest BCUT2D eigenvalue weighted by Gasteiger charge is 2.71. The van der Waals surface area contributed by atoms with E-state index in [0.29, 0.717) is 29.7 Å². The predicted molar refractivity (Wildman–Crippen MR) is 117 cm³/mol. The Labute approximate surface area is 196 Å². The van der Waals surface area contributed by atoms with Crippen LogP contribution in [0.2, 0.25) is 0 Å². The number of rotatable bonds is 5. The van der Waals surface area contributed by atoms with Crippen LogP contribution < -0.4 is 10.6 Å². The van der Waals surface area contributed by atoms with E-state index < -0.39 is 35.7 Å². The van der Waals surface area contributed by atoms with Crippen LogP contribution in [0.1, 0.15) is 67.8 Å². The maximum Gasteiger partial charge on any atom is 0.440 e. The number of alkyl halides is 3. The molecule has 6 rings (SSSR count). The van der Waals surface area contributed by atoms with Crippen molar-refractivity contribution in [2.75, 3.05) is 0 Å². The van der Waals surface area contributed by atoms with Gasteiger partial charge in [-0.05, 0) is 87.2 Å². The van der Waals surface area contributed by atoms with E-state index in [1.54, 1.807) is 19.1 Å². The zero-order valence-corrected chi connectivity index (χ0v) is 19.4. The first-order chi connectivity index (χ1) is 16.0. The molecule has 2 atom stereocenters. The molecule has 1 aromatic carbocycles. The van der Waals surface area contributed by atoms with Crippen molar-refractivity contribution in [3.63, 3.8) is 0 Å². The van der Waals surface area contributed by atoms with E-state index >= 15 is 0 Å². The first-order valence-corrected chi connectivity index (χ1v) is 12.1. The highest BCUT2D eigenvalue weighted by atomic mass is 19.4. The molecule has 184 valence electrons. The molecule has 5 aliphatic rings. The summed E-state index contributed by atoms with van der Waals surface area (Å²) in [5.74, 6) is -0.980. The van der Waals surface area contributed by atoms with Gasteiger partial charge in [0.1, 0.15) is 0 Å². The van der Waals surface area contributed by atoms with Crippen molar-refractivity contribution in [1.82, 2.24) is 15.5 Å². The maximum absolute atomic E-state index is 14.4. The molecule has 1 aromatic rings. The summed E-state index contributed by atoms with van der Waals surface area (Å²) in [6.07, 6.45) is 1.08. The van der Waals surface area contributed by atoms with Crippen LogP contribution in [0.5, 0.6) is 0 Å². The number of nitrogens with one attached hydrogen (secondary N) is 2. The van der Waals surface area contributed by atoms with Gasteiger partial charge in [0.2, 0.25) is 0 Å². The molecule has 34 heavy (non-hydrogen) atoms. The average Bonchev–Trinajstić information content (AvgIpc) is 2.98. The van der Waals surface area contributed by atoms with Crippen LogP contribution in [-0.2, 0) is 4.79 Å². The largest absolute Gasteiger partial charge is 0.440 e. The lowest BCUT2D eigenvalue weighted by Gasteiger charge is -2.60. The van der Waals surface area contributed by atoms with Crippen molar-refractivity contribution in [1.29, 1.82) is 0 Å². The molecule has 1 heterocycles. The normalized spacial score (nSPS) is 35.4. The van der Waals surface area contributed by atoms with Gasteiger partial charge in [0.05, 0.1) is 0 Å². The van der Waals surface area contributed by atoms with E-state index in [1.807, 2.05) is 17.6 Å². The second-order valence-electron chi connectivity index (χ2n) is 10.9. The van der Waals surface area contributed by atoms with Crippen LogP contribution in [-0.4, -0.2) is 40.6 Å². The van der Waals surface area contributed by atoms with E-state index in [-0.39, 0.29) is 11.0 Å². The first kappa shape index (κ1) is 23.2. The standard InChI is InChI=1S/C25H30F3N3O3/c1-3-19(23-11-15-8-16(12-23)10-17(9-15)13-23)31-21(33)24(25(26,27)28,30-22(31)34)29-20(32)18-6-4-5-14(2)7-18/h4-7,15-17,19H,3,8-13H2,1-2H3,(H,29,32)(H,30,34)/t15?,16?,17?,19-,23?,24+/m0/s1. The average molecular weight is 478 g/mol. The maximum atomic E-state index is 14.4. The lowest BCUT2D eigenvalue weighted by Crippen LogP contribution is -2.70. The Morgan fingerprint density at radius 3 is 2.24 bits per heavy atom. The smallest absolute Gasteiger partial charge is 0.314 e. The van der Waals surface area contributed by atoms with Gasteiger partial charge in [0, 0.05) is 11.6 Å². The van der Waals surface area contributed by atoms with Gasteiger partial charge >= 0.3 is 12.2 Å². The lowest BCUT2D eigenvalue weighted by atomic mass is 9.47. The van der Waals surface area contributed by atoms with Gasteiger partial charge in [-0.25, -0.2) is 4.79 Å². The Morgan fingerprint density at radius 1 is 1.15 bits per heavy atom. The van der Waals surface area contributed by atoms with Crippen molar-refractivity contribution < 1.29 is 27.6 Å². The third-order valence-corrected chi connectivity index (χ3v) is 8.55. The predicted octanol–water partition coefficient (Wildman–Crippen LogP) is 4.53. The highest BCUT2D eigenvalue weighted by molar-refractivity contribution is 6.10. The van der Waals surface area contributed by atoms with Gasteiger partial charge in [-0.2, -0.15) is 13.2 Å². The van der Waals surface area contributed by atoms with Gasteiger partial charge in [0.25, 0.3) is 17.5 Å². The third-order valence-electron chi connectivity index (χ3n) is 8.55. The quantitative estimate of drug-likeness (QED) is 0.612. The van der Waals surface area contributed by atoms with Crippen molar-refractivity contribution in [2.45, 2.75) is 76.7 Å². The molecule has 0 unspecified atom stereocenters. The molecule has 0 spiro atoms. The van der Waals surface area contributed by atoms with Crippen molar-refractivity contribution in [3.8, 4) is 0 Å². The number of amides is 4. The van der Waals surface area contributed by atoms with Crippen LogP contribution in [0.15, 0.2) is 24.3 Å². The summed E-state index contributed by atoms with van der Waals surface area (Å²) in [7, 11) is 0. The summed E-state index contributed by atoms with van der Waals surface area (Å²) in [5.41, 5.74) is -3.17. The number of hydrogen-bond acceptors (Lipinski definition) is 3. The van der Waals surface area contributed by atoms with Gasteiger partial charge in [-0.1, -0.05) is 24.6 Å². The number of aryl methyl sites for hydroxylation is 1. The zero-order valence-electron chi connectivity index (χ0n) is 19.4. The fourth-order valence-corrected chi connectivity index (χ4v) is 7.68. The topological polar surface area (TPSA) is 78.5 Å². The van der Waals surface area contributed by atoms with Gasteiger partial charge < -0.3 is 5.32 Å². The third kappa shape index (κ3) is 3.41. The monoisotopic (exact) mass is 477 g/mol. The Hall–Kier alpha value is -2.58. The number of nitrogens with zero attached hydrogens (tertiary/aromatic N) is 1. The van der Waals surface area contributed by atoms with Crippen LogP contribution in [0.4, 0.5) is 18.0 Å². The molecule has 4 aliphatic carbocycles. The number of benzene rings is 1. The van der Waals surface area contributed by atoms with E-state index in [9.17, 15) is 27.6 Å². The van der Waals surface area contributed by atoms with E-state index in [1.165, 1.54) is 12.1 Å². The summed E-state index contributed by atoms with van der Waals surface area (Å²) in [4.78, 5) is 40.2. The van der Waals surface area contributed by atoms with Crippen molar-refractivity contribution in [2.24, 2.45) is 23.2 Å². The molecule has 4 bridgehead atoms. The number of carbonyl (C=O) groups is 3. The second kappa shape index (κ2) is 7.71. The minimum atomic E-state index is -5.21. The van der Waals surface area contributed by atoms with Crippen LogP contribution in [0.25, 0.3) is 0 Å². The Morgan fingerprint density at radius 2 is 1.74 bits per heavy atom. The zero-order chi connectivity index (χ0) is 24.5. The minimum absolute atomic E-state index is 0.0164. The molecule has 4 amide bonds. The van der Waals surface area contributed by atoms with Crippen LogP contribution >= 0.6 is 0 Å². The summed E-state index contributed by atoms with van der Waals surface area (Å²) in [6.45, 7) is 3.53. The van der Waals surface area contributed by atoms with Crippen molar-refractivity contribution in [3.05, 3.63) is 35.4 Å². The highest BCUT2D eigenvalue weighted by Crippen LogP contribution is 2.62. The Kier molecular flexibility index (Phi) is 5.26.